The highest BCUT2D eigenvalue weighted by molar-refractivity contribution is 8.06. The van der Waals surface area contributed by atoms with Crippen molar-refractivity contribution in [2.75, 3.05) is 11.5 Å². The lowest BCUT2D eigenvalue weighted by Gasteiger charge is -2.27. The Morgan fingerprint density at radius 3 is 2.71 bits per heavy atom. The lowest BCUT2D eigenvalue weighted by molar-refractivity contribution is 0.421. The van der Waals surface area contributed by atoms with Crippen LogP contribution >= 0.6 is 23.5 Å². The maximum absolute atomic E-state index is 5.61. The van der Waals surface area contributed by atoms with Gasteiger partial charge in [-0.3, -0.25) is 0 Å². The van der Waals surface area contributed by atoms with Gasteiger partial charge in [0, 0.05) is 28.9 Å². The third-order valence-electron chi connectivity index (χ3n) is 3.59. The fourth-order valence-electron chi connectivity index (χ4n) is 2.39. The predicted octanol–water partition coefficient (Wildman–Crippen LogP) is 3.50. The molecule has 1 aromatic carbocycles. The number of nitrogens with two attached hydrogens (primary N) is 1. The van der Waals surface area contributed by atoms with E-state index in [-0.39, 0.29) is 0 Å². The molecule has 2 aromatic rings. The van der Waals surface area contributed by atoms with Gasteiger partial charge in [0.1, 0.15) is 0 Å². The summed E-state index contributed by atoms with van der Waals surface area (Å²) in [5.74, 6) is 3.79. The molecule has 6 heteroatoms. The van der Waals surface area contributed by atoms with Crippen LogP contribution in [0.2, 0.25) is 0 Å². The highest BCUT2D eigenvalue weighted by atomic mass is 32.2. The van der Waals surface area contributed by atoms with Gasteiger partial charge in [0.25, 0.3) is 5.89 Å². The second-order valence-electron chi connectivity index (χ2n) is 4.97. The zero-order valence-corrected chi connectivity index (χ0v) is 13.6. The molecule has 1 fully saturated rings. The summed E-state index contributed by atoms with van der Waals surface area (Å²) in [4.78, 5) is 4.61. The van der Waals surface area contributed by atoms with Crippen molar-refractivity contribution < 1.29 is 4.52 Å². The SMILES string of the molecule is CCC1SCCSC1c1noc(-c2ccc(CN)cc2)n1. The largest absolute Gasteiger partial charge is 0.334 e. The van der Waals surface area contributed by atoms with Crippen LogP contribution in [0.1, 0.15) is 30.0 Å². The zero-order valence-electron chi connectivity index (χ0n) is 12.0. The molecular weight excluding hydrogens is 302 g/mol. The van der Waals surface area contributed by atoms with Gasteiger partial charge in [-0.05, 0) is 24.1 Å². The standard InChI is InChI=1S/C15H19N3OS2/c1-2-12-13(21-8-7-20-12)14-17-15(19-18-14)11-5-3-10(9-16)4-6-11/h3-6,12-13H,2,7-9,16H2,1H3. The van der Waals surface area contributed by atoms with Gasteiger partial charge in [-0.2, -0.15) is 16.7 Å². The summed E-state index contributed by atoms with van der Waals surface area (Å²) in [7, 11) is 0. The number of aromatic nitrogens is 2. The highest BCUT2D eigenvalue weighted by Gasteiger charge is 2.30. The Hall–Kier alpha value is -0.980. The summed E-state index contributed by atoms with van der Waals surface area (Å²) in [6.45, 7) is 2.77. The monoisotopic (exact) mass is 321 g/mol. The number of thioether (sulfide) groups is 2. The van der Waals surface area contributed by atoms with E-state index in [2.05, 4.69) is 17.1 Å². The maximum Gasteiger partial charge on any atom is 0.257 e. The van der Waals surface area contributed by atoms with Gasteiger partial charge in [-0.1, -0.05) is 24.2 Å². The first-order valence-electron chi connectivity index (χ1n) is 7.18. The number of rotatable bonds is 4. The van der Waals surface area contributed by atoms with Crippen LogP contribution in [0.4, 0.5) is 0 Å². The van der Waals surface area contributed by atoms with Gasteiger partial charge in [0.2, 0.25) is 0 Å². The van der Waals surface area contributed by atoms with Crippen LogP contribution < -0.4 is 5.73 Å². The molecule has 1 aromatic heterocycles. The van der Waals surface area contributed by atoms with Crippen molar-refractivity contribution in [3.8, 4) is 11.5 Å². The van der Waals surface area contributed by atoms with E-state index in [9.17, 15) is 0 Å². The third kappa shape index (κ3) is 3.27. The van der Waals surface area contributed by atoms with E-state index in [1.165, 1.54) is 5.75 Å². The van der Waals surface area contributed by atoms with Gasteiger partial charge >= 0.3 is 0 Å². The van der Waals surface area contributed by atoms with Crippen molar-refractivity contribution in [2.45, 2.75) is 30.4 Å². The van der Waals surface area contributed by atoms with Crippen molar-refractivity contribution >= 4 is 23.5 Å². The summed E-state index contributed by atoms with van der Waals surface area (Å²) >= 11 is 3.96. The lowest BCUT2D eigenvalue weighted by atomic mass is 10.1. The Morgan fingerprint density at radius 2 is 2.00 bits per heavy atom. The van der Waals surface area contributed by atoms with Crippen LogP contribution in [-0.2, 0) is 6.54 Å². The minimum Gasteiger partial charge on any atom is -0.334 e. The topological polar surface area (TPSA) is 64.9 Å². The molecule has 0 spiro atoms. The van der Waals surface area contributed by atoms with Crippen LogP contribution in [0.5, 0.6) is 0 Å². The Balaban J connectivity index is 1.81. The summed E-state index contributed by atoms with van der Waals surface area (Å²) in [6.07, 6.45) is 1.14. The van der Waals surface area contributed by atoms with Crippen molar-refractivity contribution in [3.05, 3.63) is 35.7 Å². The first kappa shape index (κ1) is 14.9. The summed E-state index contributed by atoms with van der Waals surface area (Å²) < 4.78 is 5.46. The summed E-state index contributed by atoms with van der Waals surface area (Å²) in [5, 5.41) is 5.13. The molecule has 0 bridgehead atoms. The fourth-order valence-corrected chi connectivity index (χ4v) is 5.38. The average molecular weight is 321 g/mol. The number of hydrogen-bond acceptors (Lipinski definition) is 6. The van der Waals surface area contributed by atoms with Gasteiger partial charge in [-0.15, -0.1) is 11.8 Å². The van der Waals surface area contributed by atoms with Crippen molar-refractivity contribution in [1.29, 1.82) is 0 Å². The molecule has 0 amide bonds. The quantitative estimate of drug-likeness (QED) is 0.930. The molecule has 4 nitrogen and oxygen atoms in total. The summed E-state index contributed by atoms with van der Waals surface area (Å²) in [6, 6.07) is 7.97. The maximum atomic E-state index is 5.61. The normalized spacial score (nSPS) is 22.4. The van der Waals surface area contributed by atoms with Crippen LogP contribution in [0, 0.1) is 0 Å². The zero-order chi connectivity index (χ0) is 14.7. The Bertz CT molecular complexity index is 585. The molecule has 0 aliphatic carbocycles. The number of nitrogens with zero attached hydrogens (tertiary/aromatic N) is 2. The first-order valence-corrected chi connectivity index (χ1v) is 9.27. The van der Waals surface area contributed by atoms with E-state index >= 15 is 0 Å². The van der Waals surface area contributed by atoms with E-state index in [4.69, 9.17) is 10.3 Å². The molecule has 112 valence electrons. The molecule has 2 unspecified atom stereocenters. The molecule has 1 aliphatic rings. The van der Waals surface area contributed by atoms with Crippen LogP contribution in [-0.4, -0.2) is 26.9 Å². The lowest BCUT2D eigenvalue weighted by Crippen LogP contribution is -2.19. The van der Waals surface area contributed by atoms with Gasteiger partial charge in [0.05, 0.1) is 5.25 Å². The van der Waals surface area contributed by atoms with Crippen molar-refractivity contribution in [2.24, 2.45) is 5.73 Å². The Kier molecular flexibility index (Phi) is 4.87. The third-order valence-corrected chi connectivity index (χ3v) is 6.83. The highest BCUT2D eigenvalue weighted by Crippen LogP contribution is 2.43. The molecule has 2 N–H and O–H groups in total. The predicted molar refractivity (Wildman–Crippen MR) is 89.4 cm³/mol. The molecule has 1 saturated heterocycles. The molecule has 2 heterocycles. The average Bonchev–Trinajstić information content (AvgIpc) is 3.04. The first-order chi connectivity index (χ1) is 10.3. The van der Waals surface area contributed by atoms with Crippen LogP contribution in [0.15, 0.2) is 28.8 Å². The van der Waals surface area contributed by atoms with E-state index in [0.29, 0.717) is 22.9 Å². The van der Waals surface area contributed by atoms with Crippen molar-refractivity contribution in [3.63, 3.8) is 0 Å². The number of benzene rings is 1. The molecular formula is C15H19N3OS2. The Morgan fingerprint density at radius 1 is 1.24 bits per heavy atom. The van der Waals surface area contributed by atoms with Gasteiger partial charge in [0.15, 0.2) is 5.82 Å². The molecule has 3 rings (SSSR count). The van der Waals surface area contributed by atoms with Gasteiger partial charge < -0.3 is 10.3 Å². The molecule has 2 atom stereocenters. The smallest absolute Gasteiger partial charge is 0.257 e. The van der Waals surface area contributed by atoms with Gasteiger partial charge in [-0.25, -0.2) is 0 Å². The van der Waals surface area contributed by atoms with E-state index < -0.39 is 0 Å². The molecule has 1 aliphatic heterocycles. The van der Waals surface area contributed by atoms with E-state index in [0.717, 1.165) is 29.1 Å². The van der Waals surface area contributed by atoms with Crippen molar-refractivity contribution in [1.82, 2.24) is 10.1 Å². The minimum atomic E-state index is 0.342. The summed E-state index contributed by atoms with van der Waals surface area (Å²) in [5.41, 5.74) is 7.67. The second kappa shape index (κ2) is 6.85. The molecule has 21 heavy (non-hydrogen) atoms. The fraction of sp³-hybridized carbons (Fsp3) is 0.467. The Labute approximate surface area is 133 Å². The molecule has 0 radical (unpaired) electrons. The van der Waals surface area contributed by atoms with Crippen LogP contribution in [0.3, 0.4) is 0 Å². The second-order valence-corrected chi connectivity index (χ2v) is 7.56. The number of hydrogen-bond donors (Lipinski definition) is 1. The van der Waals surface area contributed by atoms with Crippen LogP contribution in [0.25, 0.3) is 11.5 Å². The van der Waals surface area contributed by atoms with E-state index in [1.54, 1.807) is 0 Å². The molecule has 0 saturated carbocycles. The minimum absolute atomic E-state index is 0.342. The van der Waals surface area contributed by atoms with E-state index in [1.807, 2.05) is 47.8 Å².